The highest BCUT2D eigenvalue weighted by Gasteiger charge is 2.36. The van der Waals surface area contributed by atoms with Crippen LogP contribution in [0.3, 0.4) is 0 Å². The van der Waals surface area contributed by atoms with E-state index in [9.17, 15) is 18.0 Å². The smallest absolute Gasteiger partial charge is 0.421 e. The van der Waals surface area contributed by atoms with Gasteiger partial charge < -0.3 is 9.47 Å². The quantitative estimate of drug-likeness (QED) is 0.554. The van der Waals surface area contributed by atoms with Crippen molar-refractivity contribution < 1.29 is 27.5 Å². The van der Waals surface area contributed by atoms with Crippen molar-refractivity contribution in [3.8, 4) is 17.0 Å². The minimum Gasteiger partial charge on any atom is -0.452 e. The Morgan fingerprint density at radius 3 is 2.29 bits per heavy atom. The Kier molecular flexibility index (Phi) is 6.25. The summed E-state index contributed by atoms with van der Waals surface area (Å²) in [5.41, 5.74) is 2.42. The Morgan fingerprint density at radius 2 is 1.68 bits per heavy atom. The molecule has 10 heteroatoms. The van der Waals surface area contributed by atoms with E-state index < -0.39 is 22.0 Å². The fourth-order valence-corrected chi connectivity index (χ4v) is 4.43. The van der Waals surface area contributed by atoms with Crippen molar-refractivity contribution >= 4 is 33.4 Å². The first kappa shape index (κ1) is 23.2. The fraction of sp³-hybridized carbons (Fsp3) is 0.208. The zero-order valence-electron chi connectivity index (χ0n) is 18.8. The second-order valence-electron chi connectivity index (χ2n) is 7.84. The first-order valence-electron chi connectivity index (χ1n) is 10.4. The van der Waals surface area contributed by atoms with Crippen molar-refractivity contribution in [1.82, 2.24) is 4.98 Å². The highest BCUT2D eigenvalue weighted by Crippen LogP contribution is 2.39. The number of anilines is 2. The van der Waals surface area contributed by atoms with Gasteiger partial charge in [-0.05, 0) is 48.4 Å². The van der Waals surface area contributed by atoms with Gasteiger partial charge in [0.1, 0.15) is 0 Å². The van der Waals surface area contributed by atoms with Crippen LogP contribution in [0.15, 0.2) is 71.8 Å². The van der Waals surface area contributed by atoms with Crippen molar-refractivity contribution in [2.24, 2.45) is 0 Å². The van der Waals surface area contributed by atoms with Gasteiger partial charge in [-0.15, -0.1) is 0 Å². The molecule has 34 heavy (non-hydrogen) atoms. The molecule has 2 amide bonds. The number of hydrogen-bond donors (Lipinski definition) is 0. The van der Waals surface area contributed by atoms with Gasteiger partial charge in [0.05, 0.1) is 36.0 Å². The van der Waals surface area contributed by atoms with Gasteiger partial charge in [0.25, 0.3) is 0 Å². The third-order valence-corrected chi connectivity index (χ3v) is 6.58. The third-order valence-electron chi connectivity index (χ3n) is 5.45. The number of methoxy groups -OCH3 is 1. The Morgan fingerprint density at radius 1 is 0.971 bits per heavy atom. The monoisotopic (exact) mass is 481 g/mol. The van der Waals surface area contributed by atoms with E-state index in [1.54, 1.807) is 55.5 Å². The lowest BCUT2D eigenvalue weighted by Crippen LogP contribution is -2.52. The molecule has 9 nitrogen and oxygen atoms in total. The lowest BCUT2D eigenvalue weighted by atomic mass is 10.0. The van der Waals surface area contributed by atoms with Gasteiger partial charge in [-0.1, -0.05) is 24.3 Å². The maximum Gasteiger partial charge on any atom is 0.421 e. The number of carbonyl (C=O) groups excluding carboxylic acids is 2. The maximum absolute atomic E-state index is 13.1. The molecule has 0 bridgehead atoms. The van der Waals surface area contributed by atoms with Gasteiger partial charge in [-0.25, -0.2) is 23.0 Å². The number of fused-ring (bicyclic) bond motifs is 1. The predicted molar refractivity (Wildman–Crippen MR) is 127 cm³/mol. The number of carbonyl (C=O) groups is 2. The molecular weight excluding hydrogens is 458 g/mol. The lowest BCUT2D eigenvalue weighted by Gasteiger charge is -2.39. The van der Waals surface area contributed by atoms with Crippen molar-refractivity contribution in [1.29, 1.82) is 0 Å². The zero-order chi connectivity index (χ0) is 24.5. The number of sulfone groups is 1. The van der Waals surface area contributed by atoms with Crippen LogP contribution in [0.1, 0.15) is 6.92 Å². The summed E-state index contributed by atoms with van der Waals surface area (Å²) in [4.78, 5) is 32.8. The molecule has 1 atom stereocenters. The van der Waals surface area contributed by atoms with E-state index in [2.05, 4.69) is 4.98 Å². The Bertz CT molecular complexity index is 1330. The lowest BCUT2D eigenvalue weighted by molar-refractivity contribution is 0.175. The molecule has 4 rings (SSSR count). The Balaban J connectivity index is 1.76. The molecule has 2 heterocycles. The molecule has 0 saturated heterocycles. The minimum absolute atomic E-state index is 0.157. The minimum atomic E-state index is -3.33. The highest BCUT2D eigenvalue weighted by atomic mass is 32.2. The number of benzene rings is 2. The molecule has 2 aromatic carbocycles. The number of ether oxygens (including phenoxy) is 2. The van der Waals surface area contributed by atoms with E-state index in [0.29, 0.717) is 11.4 Å². The molecule has 0 radical (unpaired) electrons. The van der Waals surface area contributed by atoms with Gasteiger partial charge in [-0.3, -0.25) is 9.80 Å². The third kappa shape index (κ3) is 4.58. The van der Waals surface area contributed by atoms with Crippen LogP contribution in [0.4, 0.5) is 21.0 Å². The second-order valence-corrected chi connectivity index (χ2v) is 9.85. The summed E-state index contributed by atoms with van der Waals surface area (Å²) in [6.07, 6.45) is 1.49. The predicted octanol–water partition coefficient (Wildman–Crippen LogP) is 4.13. The fourth-order valence-electron chi connectivity index (χ4n) is 3.80. The summed E-state index contributed by atoms with van der Waals surface area (Å²) in [5.74, 6) is 0.157. The van der Waals surface area contributed by atoms with Crippen molar-refractivity contribution in [3.05, 3.63) is 66.9 Å². The molecule has 1 aromatic heterocycles. The van der Waals surface area contributed by atoms with E-state index in [-0.39, 0.29) is 23.4 Å². The molecule has 0 N–H and O–H groups in total. The van der Waals surface area contributed by atoms with E-state index in [1.165, 1.54) is 35.2 Å². The summed E-state index contributed by atoms with van der Waals surface area (Å²) in [6.45, 7) is 1.98. The topological polar surface area (TPSA) is 106 Å². The molecule has 0 spiro atoms. The molecule has 0 saturated carbocycles. The van der Waals surface area contributed by atoms with Crippen LogP contribution in [-0.2, 0) is 14.6 Å². The number of aromatic nitrogens is 1. The Hall–Kier alpha value is -3.92. The van der Waals surface area contributed by atoms with Crippen LogP contribution in [-0.4, -0.2) is 51.5 Å². The number of amides is 2. The van der Waals surface area contributed by atoms with Crippen LogP contribution >= 0.6 is 0 Å². The van der Waals surface area contributed by atoms with Crippen LogP contribution in [0.2, 0.25) is 0 Å². The average Bonchev–Trinajstić information content (AvgIpc) is 2.83. The van der Waals surface area contributed by atoms with E-state index in [1.807, 2.05) is 0 Å². The summed E-state index contributed by atoms with van der Waals surface area (Å²) in [5, 5.41) is 0. The Labute approximate surface area is 197 Å². The molecular formula is C24H23N3O6S. The molecule has 1 aliphatic heterocycles. The van der Waals surface area contributed by atoms with Gasteiger partial charge in [-0.2, -0.15) is 0 Å². The number of pyridine rings is 1. The largest absolute Gasteiger partial charge is 0.452 e. The van der Waals surface area contributed by atoms with Gasteiger partial charge >= 0.3 is 12.2 Å². The number of rotatable bonds is 3. The van der Waals surface area contributed by atoms with Crippen LogP contribution < -0.4 is 14.5 Å². The van der Waals surface area contributed by atoms with Gasteiger partial charge in [0.2, 0.25) is 5.88 Å². The van der Waals surface area contributed by atoms with E-state index >= 15 is 0 Å². The second kappa shape index (κ2) is 9.14. The first-order valence-corrected chi connectivity index (χ1v) is 12.3. The van der Waals surface area contributed by atoms with Crippen molar-refractivity contribution in [2.75, 3.05) is 29.7 Å². The number of hydrogen-bond acceptors (Lipinski definition) is 7. The molecule has 3 aromatic rings. The molecule has 176 valence electrons. The summed E-state index contributed by atoms with van der Waals surface area (Å²) in [6, 6.07) is 16.3. The van der Waals surface area contributed by atoms with E-state index in [4.69, 9.17) is 9.47 Å². The molecule has 0 fully saturated rings. The highest BCUT2D eigenvalue weighted by molar-refractivity contribution is 7.90. The standard InChI is InChI=1S/C24H23N3O6S/c1-16-15-26(23(28)33-22-6-4-5-13-25-22)21-14-18(9-12-20(21)27(16)24(29)32-2)17-7-10-19(11-8-17)34(3,30)31/h4-14,16H,15H2,1-3H3/t16-/m0/s1. The van der Waals surface area contributed by atoms with Crippen molar-refractivity contribution in [2.45, 2.75) is 17.9 Å². The summed E-state index contributed by atoms with van der Waals surface area (Å²) < 4.78 is 34.0. The molecule has 0 aliphatic carbocycles. The maximum atomic E-state index is 13.1. The van der Waals surface area contributed by atoms with Gasteiger partial charge in [0.15, 0.2) is 9.84 Å². The van der Waals surface area contributed by atoms with Crippen LogP contribution in [0.5, 0.6) is 5.88 Å². The average molecular weight is 482 g/mol. The normalized spacial score (nSPS) is 15.4. The summed E-state index contributed by atoms with van der Waals surface area (Å²) >= 11 is 0. The molecule has 0 unspecified atom stereocenters. The van der Waals surface area contributed by atoms with E-state index in [0.717, 1.165) is 17.4 Å². The molecule has 1 aliphatic rings. The van der Waals surface area contributed by atoms with Crippen LogP contribution in [0, 0.1) is 0 Å². The SMILES string of the molecule is COC(=O)N1c2ccc(-c3ccc(S(C)(=O)=O)cc3)cc2N(C(=O)Oc2ccccn2)C[C@@H]1C. The van der Waals surface area contributed by atoms with Crippen LogP contribution in [0.25, 0.3) is 11.1 Å². The number of nitrogens with zero attached hydrogens (tertiary/aromatic N) is 3. The summed E-state index contributed by atoms with van der Waals surface area (Å²) in [7, 11) is -2.03. The zero-order valence-corrected chi connectivity index (χ0v) is 19.7. The first-order chi connectivity index (χ1) is 16.2. The van der Waals surface area contributed by atoms with Crippen molar-refractivity contribution in [3.63, 3.8) is 0 Å². The van der Waals surface area contributed by atoms with Gasteiger partial charge in [0, 0.05) is 18.5 Å².